The monoisotopic (exact) mass is 314 g/mol. The van der Waals surface area contributed by atoms with Gasteiger partial charge in [-0.2, -0.15) is 0 Å². The largest absolute Gasteiger partial charge is 0.357 e. The summed E-state index contributed by atoms with van der Waals surface area (Å²) in [6.07, 6.45) is 2.33. The molecular formula is C18H26N4O. The minimum Gasteiger partial charge on any atom is -0.357 e. The van der Waals surface area contributed by atoms with Crippen LogP contribution in [0.15, 0.2) is 45.9 Å². The average Bonchev–Trinajstić information content (AvgIpc) is 3.06. The van der Waals surface area contributed by atoms with E-state index < -0.39 is 0 Å². The Kier molecular flexibility index (Phi) is 6.66. The van der Waals surface area contributed by atoms with Crippen molar-refractivity contribution in [2.75, 3.05) is 20.1 Å². The number of hydrogen-bond acceptors (Lipinski definition) is 3. The fourth-order valence-electron chi connectivity index (χ4n) is 2.25. The van der Waals surface area contributed by atoms with Crippen molar-refractivity contribution < 1.29 is 4.52 Å². The highest BCUT2D eigenvalue weighted by Gasteiger charge is 2.08. The number of aromatic nitrogens is 1. The Morgan fingerprint density at radius 3 is 2.74 bits per heavy atom. The molecule has 2 rings (SSSR count). The van der Waals surface area contributed by atoms with Crippen molar-refractivity contribution in [2.45, 2.75) is 33.2 Å². The van der Waals surface area contributed by atoms with Crippen molar-refractivity contribution >= 4 is 5.96 Å². The van der Waals surface area contributed by atoms with E-state index in [0.29, 0.717) is 6.54 Å². The van der Waals surface area contributed by atoms with Gasteiger partial charge in [0.05, 0.1) is 6.54 Å². The highest BCUT2D eigenvalue weighted by atomic mass is 16.5. The van der Waals surface area contributed by atoms with E-state index in [4.69, 9.17) is 4.52 Å². The van der Waals surface area contributed by atoms with E-state index >= 15 is 0 Å². The first-order chi connectivity index (χ1) is 11.2. The molecule has 0 saturated heterocycles. The molecule has 1 N–H and O–H groups in total. The van der Waals surface area contributed by atoms with Gasteiger partial charge in [-0.15, -0.1) is 0 Å². The van der Waals surface area contributed by atoms with Crippen LogP contribution in [-0.4, -0.2) is 36.2 Å². The van der Waals surface area contributed by atoms with Gasteiger partial charge >= 0.3 is 0 Å². The topological polar surface area (TPSA) is 53.7 Å². The Morgan fingerprint density at radius 2 is 2.04 bits per heavy atom. The summed E-state index contributed by atoms with van der Waals surface area (Å²) in [5.74, 6) is 1.69. The minimum absolute atomic E-state index is 0.509. The van der Waals surface area contributed by atoms with Gasteiger partial charge in [-0.05, 0) is 13.3 Å². The molecule has 23 heavy (non-hydrogen) atoms. The molecule has 0 fully saturated rings. The van der Waals surface area contributed by atoms with Crippen LogP contribution >= 0.6 is 0 Å². The summed E-state index contributed by atoms with van der Waals surface area (Å²) in [7, 11) is 2.06. The van der Waals surface area contributed by atoms with Crippen molar-refractivity contribution in [1.29, 1.82) is 0 Å². The molecule has 1 heterocycles. The first-order valence-electron chi connectivity index (χ1n) is 8.25. The second-order valence-electron chi connectivity index (χ2n) is 5.49. The number of nitrogens with one attached hydrogen (secondary N) is 1. The third-order valence-electron chi connectivity index (χ3n) is 3.55. The Bertz CT molecular complexity index is 606. The van der Waals surface area contributed by atoms with Crippen LogP contribution in [0.3, 0.4) is 0 Å². The van der Waals surface area contributed by atoms with E-state index in [0.717, 1.165) is 42.5 Å². The first-order valence-corrected chi connectivity index (χ1v) is 8.25. The Labute approximate surface area is 138 Å². The third-order valence-corrected chi connectivity index (χ3v) is 3.55. The predicted molar refractivity (Wildman–Crippen MR) is 94.3 cm³/mol. The highest BCUT2D eigenvalue weighted by Crippen LogP contribution is 2.19. The first kappa shape index (κ1) is 17.1. The Morgan fingerprint density at radius 1 is 1.26 bits per heavy atom. The lowest BCUT2D eigenvalue weighted by Gasteiger charge is -2.21. The van der Waals surface area contributed by atoms with Crippen LogP contribution in [0.2, 0.25) is 0 Å². The van der Waals surface area contributed by atoms with E-state index in [-0.39, 0.29) is 0 Å². The maximum absolute atomic E-state index is 5.42. The second kappa shape index (κ2) is 8.98. The van der Waals surface area contributed by atoms with Crippen LogP contribution in [0, 0.1) is 0 Å². The van der Waals surface area contributed by atoms with E-state index in [1.165, 1.54) is 6.42 Å². The van der Waals surface area contributed by atoms with Gasteiger partial charge in [0.2, 0.25) is 0 Å². The van der Waals surface area contributed by atoms with Crippen LogP contribution in [0.5, 0.6) is 0 Å². The maximum Gasteiger partial charge on any atom is 0.194 e. The van der Waals surface area contributed by atoms with Gasteiger partial charge in [-0.1, -0.05) is 48.8 Å². The number of aliphatic imine (C=N–C) groups is 1. The molecule has 0 amide bonds. The van der Waals surface area contributed by atoms with E-state index in [9.17, 15) is 0 Å². The van der Waals surface area contributed by atoms with Gasteiger partial charge in [0.1, 0.15) is 5.69 Å². The molecule has 0 radical (unpaired) electrons. The summed E-state index contributed by atoms with van der Waals surface area (Å²) in [5.41, 5.74) is 1.87. The van der Waals surface area contributed by atoms with E-state index in [2.05, 4.69) is 41.3 Å². The van der Waals surface area contributed by atoms with E-state index in [1.807, 2.05) is 36.4 Å². The number of benzene rings is 1. The summed E-state index contributed by atoms with van der Waals surface area (Å²) < 4.78 is 5.42. The molecule has 0 saturated carbocycles. The van der Waals surface area contributed by atoms with Crippen molar-refractivity contribution in [3.63, 3.8) is 0 Å². The smallest absolute Gasteiger partial charge is 0.194 e. The molecule has 0 unspecified atom stereocenters. The predicted octanol–water partition coefficient (Wildman–Crippen LogP) is 3.54. The maximum atomic E-state index is 5.42. The molecule has 0 spiro atoms. The lowest BCUT2D eigenvalue weighted by molar-refractivity contribution is 0.423. The third kappa shape index (κ3) is 5.13. The quantitative estimate of drug-likeness (QED) is 0.627. The van der Waals surface area contributed by atoms with Crippen LogP contribution in [0.1, 0.15) is 32.4 Å². The summed E-state index contributed by atoms with van der Waals surface area (Å²) in [4.78, 5) is 6.81. The molecule has 5 nitrogen and oxygen atoms in total. The van der Waals surface area contributed by atoms with Crippen LogP contribution in [0.4, 0.5) is 0 Å². The Balaban J connectivity index is 2.03. The SMILES string of the molecule is CCCCN(C)C(=NCc1cc(-c2ccccc2)on1)NCC. The van der Waals surface area contributed by atoms with Crippen molar-refractivity contribution in [1.82, 2.24) is 15.4 Å². The molecular weight excluding hydrogens is 288 g/mol. The van der Waals surface area contributed by atoms with Crippen molar-refractivity contribution in [3.8, 4) is 11.3 Å². The molecule has 1 aromatic heterocycles. The number of rotatable bonds is 7. The summed E-state index contributed by atoms with van der Waals surface area (Å²) >= 11 is 0. The number of guanidine groups is 1. The van der Waals surface area contributed by atoms with Gasteiger partial charge in [-0.3, -0.25) is 0 Å². The molecule has 0 aliphatic rings. The van der Waals surface area contributed by atoms with Crippen molar-refractivity contribution in [3.05, 3.63) is 42.1 Å². The fraction of sp³-hybridized carbons (Fsp3) is 0.444. The number of hydrogen-bond donors (Lipinski definition) is 1. The van der Waals surface area contributed by atoms with Gasteiger partial charge < -0.3 is 14.7 Å². The zero-order valence-corrected chi connectivity index (χ0v) is 14.2. The standard InChI is InChI=1S/C18H26N4O/c1-4-6-12-22(3)18(19-5-2)20-14-16-13-17(23-21-16)15-10-8-7-9-11-15/h7-11,13H,4-6,12,14H2,1-3H3,(H,19,20). The number of nitrogens with zero attached hydrogens (tertiary/aromatic N) is 3. The fourth-order valence-corrected chi connectivity index (χ4v) is 2.25. The molecule has 124 valence electrons. The van der Waals surface area contributed by atoms with Gasteiger partial charge in [-0.25, -0.2) is 4.99 Å². The Hall–Kier alpha value is -2.30. The zero-order chi connectivity index (χ0) is 16.5. The molecule has 0 aliphatic heterocycles. The van der Waals surface area contributed by atoms with Gasteiger partial charge in [0.15, 0.2) is 11.7 Å². The zero-order valence-electron chi connectivity index (χ0n) is 14.2. The molecule has 5 heteroatoms. The highest BCUT2D eigenvalue weighted by molar-refractivity contribution is 5.79. The summed E-state index contributed by atoms with van der Waals surface area (Å²) in [5, 5.41) is 7.44. The van der Waals surface area contributed by atoms with Crippen molar-refractivity contribution in [2.24, 2.45) is 4.99 Å². The summed E-state index contributed by atoms with van der Waals surface area (Å²) in [6, 6.07) is 11.9. The van der Waals surface area contributed by atoms with E-state index in [1.54, 1.807) is 0 Å². The minimum atomic E-state index is 0.509. The lowest BCUT2D eigenvalue weighted by Crippen LogP contribution is -2.39. The summed E-state index contributed by atoms with van der Waals surface area (Å²) in [6.45, 7) is 6.63. The van der Waals surface area contributed by atoms with Gasteiger partial charge in [0, 0.05) is 31.8 Å². The molecule has 0 atom stereocenters. The molecule has 0 bridgehead atoms. The number of unbranched alkanes of at least 4 members (excludes halogenated alkanes) is 1. The van der Waals surface area contributed by atoms with Crippen LogP contribution in [0.25, 0.3) is 11.3 Å². The molecule has 1 aromatic carbocycles. The average molecular weight is 314 g/mol. The van der Waals surface area contributed by atoms with Crippen LogP contribution < -0.4 is 5.32 Å². The molecule has 2 aromatic rings. The normalized spacial score (nSPS) is 11.5. The molecule has 0 aliphatic carbocycles. The second-order valence-corrected chi connectivity index (χ2v) is 5.49. The van der Waals surface area contributed by atoms with Crippen LogP contribution in [-0.2, 0) is 6.54 Å². The van der Waals surface area contributed by atoms with Gasteiger partial charge in [0.25, 0.3) is 0 Å². The lowest BCUT2D eigenvalue weighted by atomic mass is 10.2.